The predicted molar refractivity (Wildman–Crippen MR) is 67.2 cm³/mol. The first-order chi connectivity index (χ1) is 7.19. The Labute approximate surface area is 95.4 Å². The molecule has 1 aliphatic rings. The van der Waals surface area contributed by atoms with E-state index in [9.17, 15) is 0 Å². The number of nitrogens with one attached hydrogen (secondary N) is 1. The van der Waals surface area contributed by atoms with E-state index in [0.29, 0.717) is 0 Å². The van der Waals surface area contributed by atoms with E-state index in [0.717, 1.165) is 18.0 Å². The molecule has 3 unspecified atom stereocenters. The van der Waals surface area contributed by atoms with Crippen molar-refractivity contribution in [1.29, 1.82) is 0 Å². The maximum Gasteiger partial charge on any atom is 0.0195 e. The molecule has 1 N–H and O–H groups in total. The molecule has 0 aliphatic carbocycles. The van der Waals surface area contributed by atoms with Gasteiger partial charge < -0.3 is 5.32 Å². The summed E-state index contributed by atoms with van der Waals surface area (Å²) in [6.45, 7) is 13.0. The molecule has 0 aromatic heterocycles. The minimum absolute atomic E-state index is 0.724. The summed E-state index contributed by atoms with van der Waals surface area (Å²) < 4.78 is 0. The van der Waals surface area contributed by atoms with Crippen LogP contribution >= 0.6 is 0 Å². The summed E-state index contributed by atoms with van der Waals surface area (Å²) in [7, 11) is 0. The first kappa shape index (κ1) is 13.0. The van der Waals surface area contributed by atoms with E-state index >= 15 is 0 Å². The highest BCUT2D eigenvalue weighted by atomic mass is 15.2. The Bertz CT molecular complexity index is 164. The molecule has 0 aromatic carbocycles. The van der Waals surface area contributed by atoms with E-state index in [2.05, 4.69) is 37.9 Å². The molecule has 3 atom stereocenters. The molecule has 1 fully saturated rings. The van der Waals surface area contributed by atoms with Crippen molar-refractivity contribution in [2.24, 2.45) is 5.92 Å². The monoisotopic (exact) mass is 212 g/mol. The minimum Gasteiger partial charge on any atom is -0.313 e. The maximum absolute atomic E-state index is 3.59. The summed E-state index contributed by atoms with van der Waals surface area (Å²) in [6.07, 6.45) is 4.01. The lowest BCUT2D eigenvalue weighted by Gasteiger charge is -2.33. The largest absolute Gasteiger partial charge is 0.313 e. The minimum atomic E-state index is 0.724. The van der Waals surface area contributed by atoms with Crippen LogP contribution < -0.4 is 5.32 Å². The van der Waals surface area contributed by atoms with Crippen LogP contribution in [0, 0.1) is 5.92 Å². The van der Waals surface area contributed by atoms with E-state index < -0.39 is 0 Å². The fourth-order valence-electron chi connectivity index (χ4n) is 2.48. The Balaban J connectivity index is 2.39. The van der Waals surface area contributed by atoms with Crippen LogP contribution in [0.25, 0.3) is 0 Å². The van der Waals surface area contributed by atoms with Crippen LogP contribution in [0.15, 0.2) is 0 Å². The van der Waals surface area contributed by atoms with Gasteiger partial charge in [-0.25, -0.2) is 0 Å². The second-order valence-corrected chi connectivity index (χ2v) is 5.01. The van der Waals surface area contributed by atoms with E-state index in [1.165, 1.54) is 38.9 Å². The van der Waals surface area contributed by atoms with Gasteiger partial charge >= 0.3 is 0 Å². The lowest BCUT2D eigenvalue weighted by molar-refractivity contribution is 0.154. The van der Waals surface area contributed by atoms with Crippen LogP contribution in [-0.2, 0) is 0 Å². The smallest absolute Gasteiger partial charge is 0.0195 e. The molecule has 0 spiro atoms. The Morgan fingerprint density at radius 2 is 2.07 bits per heavy atom. The number of hydrogen-bond acceptors (Lipinski definition) is 2. The standard InChI is InChI=1S/C13H28N2/c1-5-11(3)12(4)15(6-2)10-13-8-7-9-14-13/h11-14H,5-10H2,1-4H3. The molecule has 1 saturated heterocycles. The van der Waals surface area contributed by atoms with E-state index in [1.54, 1.807) is 0 Å². The molecule has 0 amide bonds. The highest BCUT2D eigenvalue weighted by molar-refractivity contribution is 4.81. The molecule has 0 saturated carbocycles. The van der Waals surface area contributed by atoms with Gasteiger partial charge in [0, 0.05) is 18.6 Å². The van der Waals surface area contributed by atoms with Crippen molar-refractivity contribution in [3.8, 4) is 0 Å². The maximum atomic E-state index is 3.59. The molecular formula is C13H28N2. The van der Waals surface area contributed by atoms with Crippen molar-refractivity contribution < 1.29 is 0 Å². The first-order valence-electron chi connectivity index (χ1n) is 6.66. The summed E-state index contributed by atoms with van der Waals surface area (Å²) in [6, 6.07) is 1.47. The fraction of sp³-hybridized carbons (Fsp3) is 1.00. The van der Waals surface area contributed by atoms with E-state index in [-0.39, 0.29) is 0 Å². The van der Waals surface area contributed by atoms with Gasteiger partial charge in [0.2, 0.25) is 0 Å². The van der Waals surface area contributed by atoms with Gasteiger partial charge in [-0.3, -0.25) is 4.90 Å². The average Bonchev–Trinajstić information content (AvgIpc) is 2.76. The van der Waals surface area contributed by atoms with Gasteiger partial charge in [0.25, 0.3) is 0 Å². The Hall–Kier alpha value is -0.0800. The molecule has 1 rings (SSSR count). The Morgan fingerprint density at radius 1 is 1.33 bits per heavy atom. The molecule has 2 nitrogen and oxygen atoms in total. The molecule has 90 valence electrons. The van der Waals surface area contributed by atoms with E-state index in [4.69, 9.17) is 0 Å². The Morgan fingerprint density at radius 3 is 2.53 bits per heavy atom. The van der Waals surface area contributed by atoms with Crippen molar-refractivity contribution in [3.05, 3.63) is 0 Å². The molecule has 1 aliphatic heterocycles. The van der Waals surface area contributed by atoms with Crippen LogP contribution in [0.4, 0.5) is 0 Å². The third kappa shape index (κ3) is 3.76. The van der Waals surface area contributed by atoms with E-state index in [1.807, 2.05) is 0 Å². The summed E-state index contributed by atoms with van der Waals surface area (Å²) in [5.74, 6) is 0.811. The van der Waals surface area contributed by atoms with Crippen LogP contribution in [-0.4, -0.2) is 36.6 Å². The van der Waals surface area contributed by atoms with Crippen LogP contribution in [0.3, 0.4) is 0 Å². The van der Waals surface area contributed by atoms with Gasteiger partial charge in [0.05, 0.1) is 0 Å². The number of likely N-dealkylation sites (N-methyl/N-ethyl adjacent to an activating group) is 1. The van der Waals surface area contributed by atoms with Gasteiger partial charge in [0.1, 0.15) is 0 Å². The van der Waals surface area contributed by atoms with Gasteiger partial charge in [-0.2, -0.15) is 0 Å². The van der Waals surface area contributed by atoms with Gasteiger partial charge in [-0.05, 0) is 38.8 Å². The zero-order chi connectivity index (χ0) is 11.3. The Kier molecular flexibility index (Phi) is 5.62. The van der Waals surface area contributed by atoms with Crippen molar-refractivity contribution >= 4 is 0 Å². The van der Waals surface area contributed by atoms with Crippen LogP contribution in [0.2, 0.25) is 0 Å². The topological polar surface area (TPSA) is 15.3 Å². The van der Waals surface area contributed by atoms with Crippen molar-refractivity contribution in [3.63, 3.8) is 0 Å². The van der Waals surface area contributed by atoms with Gasteiger partial charge in [-0.1, -0.05) is 27.2 Å². The van der Waals surface area contributed by atoms with Crippen molar-refractivity contribution in [2.45, 2.75) is 59.0 Å². The number of nitrogens with zero attached hydrogens (tertiary/aromatic N) is 1. The summed E-state index contributed by atoms with van der Waals surface area (Å²) in [5.41, 5.74) is 0. The normalized spacial score (nSPS) is 25.8. The highest BCUT2D eigenvalue weighted by Crippen LogP contribution is 2.16. The van der Waals surface area contributed by atoms with Gasteiger partial charge in [-0.15, -0.1) is 0 Å². The van der Waals surface area contributed by atoms with Crippen LogP contribution in [0.1, 0.15) is 47.0 Å². The quantitative estimate of drug-likeness (QED) is 0.728. The highest BCUT2D eigenvalue weighted by Gasteiger charge is 2.22. The third-order valence-corrected chi connectivity index (χ3v) is 4.07. The fourth-order valence-corrected chi connectivity index (χ4v) is 2.48. The molecule has 0 bridgehead atoms. The van der Waals surface area contributed by atoms with Crippen LogP contribution in [0.5, 0.6) is 0 Å². The van der Waals surface area contributed by atoms with Crippen molar-refractivity contribution in [1.82, 2.24) is 10.2 Å². The molecule has 2 heteroatoms. The average molecular weight is 212 g/mol. The lowest BCUT2D eigenvalue weighted by Crippen LogP contribution is -2.44. The SMILES string of the molecule is CCC(C)C(C)N(CC)CC1CCCN1. The molecule has 0 aromatic rings. The third-order valence-electron chi connectivity index (χ3n) is 4.07. The molecule has 0 radical (unpaired) electrons. The first-order valence-corrected chi connectivity index (χ1v) is 6.66. The molecule has 15 heavy (non-hydrogen) atoms. The number of rotatable bonds is 6. The molecule has 1 heterocycles. The second-order valence-electron chi connectivity index (χ2n) is 5.01. The number of hydrogen-bond donors (Lipinski definition) is 1. The zero-order valence-electron chi connectivity index (χ0n) is 10.9. The summed E-state index contributed by atoms with van der Waals surface area (Å²) in [4.78, 5) is 2.64. The summed E-state index contributed by atoms with van der Waals surface area (Å²) in [5, 5.41) is 3.59. The second kappa shape index (κ2) is 6.49. The van der Waals surface area contributed by atoms with Crippen molar-refractivity contribution in [2.75, 3.05) is 19.6 Å². The molecular weight excluding hydrogens is 184 g/mol. The predicted octanol–water partition coefficient (Wildman–Crippen LogP) is 2.49. The zero-order valence-corrected chi connectivity index (χ0v) is 10.9. The van der Waals surface area contributed by atoms with Gasteiger partial charge in [0.15, 0.2) is 0 Å². The summed E-state index contributed by atoms with van der Waals surface area (Å²) >= 11 is 0. The lowest BCUT2D eigenvalue weighted by atomic mass is 9.98.